The molecule has 0 saturated carbocycles. The molecular weight excluding hydrogens is 168 g/mol. The number of rotatable bonds is 3. The van der Waals surface area contributed by atoms with E-state index >= 15 is 0 Å². The number of anilines is 1. The molecule has 70 valence electrons. The van der Waals surface area contributed by atoms with E-state index in [-0.39, 0.29) is 12.5 Å². The molecule has 4 nitrogen and oxygen atoms in total. The molecule has 0 unspecified atom stereocenters. The second-order valence-corrected chi connectivity index (χ2v) is 2.60. The molecule has 1 aromatic carbocycles. The minimum Gasteiger partial charge on any atom is -0.313 e. The lowest BCUT2D eigenvalue weighted by Gasteiger charge is -2.15. The number of likely N-dealkylation sites (N-methyl/N-ethyl adjacent to an activating group) is 1. The first-order valence-electron chi connectivity index (χ1n) is 3.89. The van der Waals surface area contributed by atoms with Gasteiger partial charge >= 0.3 is 0 Å². The van der Waals surface area contributed by atoms with Crippen LogP contribution in [0.5, 0.6) is 0 Å². The second-order valence-electron chi connectivity index (χ2n) is 2.60. The lowest BCUT2D eigenvalue weighted by molar-refractivity contribution is -0.122. The van der Waals surface area contributed by atoms with E-state index in [4.69, 9.17) is 5.90 Å². The third-order valence-corrected chi connectivity index (χ3v) is 1.72. The van der Waals surface area contributed by atoms with Crippen molar-refractivity contribution in [2.24, 2.45) is 5.90 Å². The van der Waals surface area contributed by atoms with E-state index in [1.165, 1.54) is 4.90 Å². The van der Waals surface area contributed by atoms with Gasteiger partial charge in [0.1, 0.15) is 6.61 Å². The topological polar surface area (TPSA) is 55.6 Å². The summed E-state index contributed by atoms with van der Waals surface area (Å²) in [5.74, 6) is 4.63. The fourth-order valence-electron chi connectivity index (χ4n) is 0.964. The lowest BCUT2D eigenvalue weighted by atomic mass is 10.3. The Hall–Kier alpha value is -1.39. The van der Waals surface area contributed by atoms with E-state index in [9.17, 15) is 4.79 Å². The van der Waals surface area contributed by atoms with Crippen LogP contribution >= 0.6 is 0 Å². The molecule has 0 aromatic heterocycles. The molecule has 0 bridgehead atoms. The molecule has 2 N–H and O–H groups in total. The summed E-state index contributed by atoms with van der Waals surface area (Å²) in [4.78, 5) is 17.0. The van der Waals surface area contributed by atoms with Gasteiger partial charge in [-0.25, -0.2) is 5.90 Å². The normalized spacial score (nSPS) is 9.69. The van der Waals surface area contributed by atoms with Crippen molar-refractivity contribution in [1.82, 2.24) is 0 Å². The summed E-state index contributed by atoms with van der Waals surface area (Å²) in [5.41, 5.74) is 0.824. The second kappa shape index (κ2) is 4.59. The average molecular weight is 180 g/mol. The lowest BCUT2D eigenvalue weighted by Crippen LogP contribution is -2.30. The van der Waals surface area contributed by atoms with Gasteiger partial charge in [-0.1, -0.05) is 18.2 Å². The molecule has 0 radical (unpaired) electrons. The van der Waals surface area contributed by atoms with Crippen LogP contribution in [0.2, 0.25) is 0 Å². The molecule has 0 aliphatic heterocycles. The van der Waals surface area contributed by atoms with Crippen molar-refractivity contribution in [1.29, 1.82) is 0 Å². The molecule has 1 aromatic rings. The van der Waals surface area contributed by atoms with Crippen LogP contribution in [0.1, 0.15) is 0 Å². The summed E-state index contributed by atoms with van der Waals surface area (Å²) in [7, 11) is 1.68. The molecule has 13 heavy (non-hydrogen) atoms. The highest BCUT2D eigenvalue weighted by Crippen LogP contribution is 2.10. The molecule has 0 spiro atoms. The van der Waals surface area contributed by atoms with Gasteiger partial charge in [-0.3, -0.25) is 9.63 Å². The van der Waals surface area contributed by atoms with Gasteiger partial charge in [0.05, 0.1) is 0 Å². The van der Waals surface area contributed by atoms with Crippen LogP contribution < -0.4 is 10.8 Å². The highest BCUT2D eigenvalue weighted by atomic mass is 16.6. The Morgan fingerprint density at radius 3 is 2.62 bits per heavy atom. The third-order valence-electron chi connectivity index (χ3n) is 1.72. The van der Waals surface area contributed by atoms with Gasteiger partial charge in [0.2, 0.25) is 0 Å². The first-order valence-corrected chi connectivity index (χ1v) is 3.89. The monoisotopic (exact) mass is 180 g/mol. The van der Waals surface area contributed by atoms with Gasteiger partial charge in [-0.2, -0.15) is 0 Å². The highest BCUT2D eigenvalue weighted by Gasteiger charge is 2.09. The minimum absolute atomic E-state index is 0.106. The Bertz CT molecular complexity index is 274. The minimum atomic E-state index is -0.172. The van der Waals surface area contributed by atoms with Crippen molar-refractivity contribution in [2.45, 2.75) is 0 Å². The maximum atomic E-state index is 11.3. The van der Waals surface area contributed by atoms with Crippen LogP contribution in [0.4, 0.5) is 5.69 Å². The maximum absolute atomic E-state index is 11.3. The number of benzene rings is 1. The van der Waals surface area contributed by atoms with Crippen LogP contribution in [0.3, 0.4) is 0 Å². The fourth-order valence-corrected chi connectivity index (χ4v) is 0.964. The van der Waals surface area contributed by atoms with E-state index in [0.717, 1.165) is 5.69 Å². The summed E-state index contributed by atoms with van der Waals surface area (Å²) in [6, 6.07) is 9.30. The van der Waals surface area contributed by atoms with Crippen molar-refractivity contribution in [3.8, 4) is 0 Å². The Balaban J connectivity index is 2.68. The van der Waals surface area contributed by atoms with Crippen LogP contribution in [-0.2, 0) is 9.63 Å². The molecule has 0 fully saturated rings. The largest absolute Gasteiger partial charge is 0.313 e. The fraction of sp³-hybridized carbons (Fsp3) is 0.222. The predicted molar refractivity (Wildman–Crippen MR) is 50.0 cm³/mol. The SMILES string of the molecule is CN(C(=O)CON)c1ccccc1. The molecule has 4 heteroatoms. The summed E-state index contributed by atoms with van der Waals surface area (Å²) in [6.07, 6.45) is 0. The van der Waals surface area contributed by atoms with Gasteiger partial charge in [0, 0.05) is 12.7 Å². The van der Waals surface area contributed by atoms with Gasteiger partial charge < -0.3 is 4.90 Å². The Morgan fingerprint density at radius 2 is 2.08 bits per heavy atom. The number of para-hydroxylation sites is 1. The quantitative estimate of drug-likeness (QED) is 0.691. The van der Waals surface area contributed by atoms with Crippen LogP contribution in [-0.4, -0.2) is 19.6 Å². The molecule has 0 aliphatic rings. The zero-order valence-corrected chi connectivity index (χ0v) is 7.43. The van der Waals surface area contributed by atoms with E-state index in [0.29, 0.717) is 0 Å². The number of nitrogens with two attached hydrogens (primary N) is 1. The molecular formula is C9H12N2O2. The van der Waals surface area contributed by atoms with Crippen molar-refractivity contribution in [3.05, 3.63) is 30.3 Å². The highest BCUT2D eigenvalue weighted by molar-refractivity contribution is 5.93. The van der Waals surface area contributed by atoms with Crippen molar-refractivity contribution < 1.29 is 9.63 Å². The smallest absolute Gasteiger partial charge is 0.254 e. The van der Waals surface area contributed by atoms with E-state index < -0.39 is 0 Å². The number of carbonyl (C=O) groups excluding carboxylic acids is 1. The van der Waals surface area contributed by atoms with Crippen LogP contribution in [0.15, 0.2) is 30.3 Å². The number of carbonyl (C=O) groups is 1. The van der Waals surface area contributed by atoms with E-state index in [2.05, 4.69) is 4.84 Å². The summed E-state index contributed by atoms with van der Waals surface area (Å²) in [5, 5.41) is 0. The summed E-state index contributed by atoms with van der Waals surface area (Å²) in [6.45, 7) is -0.106. The third kappa shape index (κ3) is 2.54. The maximum Gasteiger partial charge on any atom is 0.254 e. The molecule has 0 aliphatic carbocycles. The van der Waals surface area contributed by atoms with Crippen LogP contribution in [0.25, 0.3) is 0 Å². The van der Waals surface area contributed by atoms with Crippen molar-refractivity contribution in [3.63, 3.8) is 0 Å². The average Bonchev–Trinajstić information content (AvgIpc) is 2.18. The number of amides is 1. The molecule has 1 rings (SSSR count). The Labute approximate surface area is 76.9 Å². The first-order chi connectivity index (χ1) is 6.25. The van der Waals surface area contributed by atoms with E-state index in [1.54, 1.807) is 7.05 Å². The van der Waals surface area contributed by atoms with Gasteiger partial charge in [-0.05, 0) is 12.1 Å². The molecule has 1 amide bonds. The predicted octanol–water partition coefficient (Wildman–Crippen LogP) is 0.540. The Morgan fingerprint density at radius 1 is 1.46 bits per heavy atom. The van der Waals surface area contributed by atoms with Crippen LogP contribution in [0, 0.1) is 0 Å². The van der Waals surface area contributed by atoms with Crippen molar-refractivity contribution >= 4 is 11.6 Å². The summed E-state index contributed by atoms with van der Waals surface area (Å²) >= 11 is 0. The molecule has 0 heterocycles. The standard InChI is InChI=1S/C9H12N2O2/c1-11(9(12)7-13-10)8-5-3-2-4-6-8/h2-6H,7,10H2,1H3. The Kier molecular flexibility index (Phi) is 3.42. The zero-order valence-electron chi connectivity index (χ0n) is 7.43. The number of hydrogen-bond donors (Lipinski definition) is 1. The molecule has 0 saturated heterocycles. The first kappa shape index (κ1) is 9.70. The van der Waals surface area contributed by atoms with Gasteiger partial charge in [-0.15, -0.1) is 0 Å². The zero-order chi connectivity index (χ0) is 9.68. The number of nitrogens with zero attached hydrogens (tertiary/aromatic N) is 1. The van der Waals surface area contributed by atoms with Gasteiger partial charge in [0.15, 0.2) is 0 Å². The molecule has 0 atom stereocenters. The van der Waals surface area contributed by atoms with Crippen molar-refractivity contribution in [2.75, 3.05) is 18.6 Å². The van der Waals surface area contributed by atoms with Gasteiger partial charge in [0.25, 0.3) is 5.91 Å². The van der Waals surface area contributed by atoms with E-state index in [1.807, 2.05) is 30.3 Å². The number of hydrogen-bond acceptors (Lipinski definition) is 3. The summed E-state index contributed by atoms with van der Waals surface area (Å²) < 4.78 is 0.